The van der Waals surface area contributed by atoms with E-state index in [2.05, 4.69) is 4.98 Å². The number of carbonyl (C=O) groups is 2. The van der Waals surface area contributed by atoms with Crippen LogP contribution in [0.4, 0.5) is 26.3 Å². The molecule has 3 aromatic rings. The molecule has 0 saturated heterocycles. The standard InChI is InChI=1S/C13H9ClF3NO.C10H8F3NO.C3H4Cl2O/c14-7-11-8-19-12(18-11)6-3-9-1-4-10(5-2-9)13(15,16)17;11-10(12,13)8-4-1-7(2-5-8)3-6-9(14)15;4-1-3(6)2-5/h1-6,8H,7H2;1-6H,(H2,14,15);1-2H2/b2*6-3+;. The molecule has 40 heavy (non-hydrogen) atoms. The van der Waals surface area contributed by atoms with Crippen LogP contribution in [-0.2, 0) is 27.8 Å². The minimum atomic E-state index is -4.34. The van der Waals surface area contributed by atoms with Crippen LogP contribution in [0.5, 0.6) is 0 Å². The molecule has 0 bridgehead atoms. The van der Waals surface area contributed by atoms with Gasteiger partial charge in [0.05, 0.1) is 34.5 Å². The second-order valence-electron chi connectivity index (χ2n) is 7.43. The largest absolute Gasteiger partial charge is 0.445 e. The van der Waals surface area contributed by atoms with E-state index in [1.807, 2.05) is 0 Å². The molecule has 5 nitrogen and oxygen atoms in total. The monoisotopic (exact) mass is 628 g/mol. The van der Waals surface area contributed by atoms with Gasteiger partial charge in [0.2, 0.25) is 11.8 Å². The van der Waals surface area contributed by atoms with Gasteiger partial charge in [-0.25, -0.2) is 4.98 Å². The number of nitrogens with zero attached hydrogens (tertiary/aromatic N) is 1. The Labute approximate surface area is 240 Å². The number of hydrogen-bond acceptors (Lipinski definition) is 4. The number of alkyl halides is 9. The summed E-state index contributed by atoms with van der Waals surface area (Å²) >= 11 is 15.6. The first-order chi connectivity index (χ1) is 18.7. The first-order valence-corrected chi connectivity index (χ1v) is 12.4. The third-order valence-electron chi connectivity index (χ3n) is 4.34. The van der Waals surface area contributed by atoms with Crippen LogP contribution in [0.15, 0.2) is 65.3 Å². The first kappa shape index (κ1) is 34.7. The van der Waals surface area contributed by atoms with Gasteiger partial charge < -0.3 is 10.2 Å². The third-order valence-corrected chi connectivity index (χ3v) is 5.21. The molecular formula is C26H21Cl3F6N2O3. The predicted molar refractivity (Wildman–Crippen MR) is 143 cm³/mol. The van der Waals surface area contributed by atoms with Gasteiger partial charge in [-0.15, -0.1) is 34.8 Å². The molecule has 0 aliphatic heterocycles. The number of aromatic nitrogens is 1. The number of benzene rings is 2. The average molecular weight is 630 g/mol. The minimum Gasteiger partial charge on any atom is -0.445 e. The molecule has 14 heteroatoms. The average Bonchev–Trinajstić information content (AvgIpc) is 3.38. The van der Waals surface area contributed by atoms with Gasteiger partial charge in [0, 0.05) is 12.2 Å². The Kier molecular flexibility index (Phi) is 14.5. The summed E-state index contributed by atoms with van der Waals surface area (Å²) in [7, 11) is 0. The molecule has 1 amide bonds. The lowest BCUT2D eigenvalue weighted by atomic mass is 10.1. The van der Waals surface area contributed by atoms with Gasteiger partial charge in [0.1, 0.15) is 6.26 Å². The summed E-state index contributed by atoms with van der Waals surface area (Å²) < 4.78 is 78.6. The van der Waals surface area contributed by atoms with Gasteiger partial charge in [0.25, 0.3) is 0 Å². The third kappa shape index (κ3) is 13.7. The molecule has 0 saturated carbocycles. The molecule has 0 radical (unpaired) electrons. The second kappa shape index (κ2) is 16.7. The molecule has 1 aromatic heterocycles. The van der Waals surface area contributed by atoms with Crippen LogP contribution in [0.25, 0.3) is 18.2 Å². The molecule has 1 heterocycles. The zero-order valence-electron chi connectivity index (χ0n) is 20.3. The van der Waals surface area contributed by atoms with Crippen LogP contribution < -0.4 is 5.73 Å². The number of oxazole rings is 1. The van der Waals surface area contributed by atoms with E-state index in [1.165, 1.54) is 36.6 Å². The molecule has 0 atom stereocenters. The van der Waals surface area contributed by atoms with Crippen LogP contribution in [0.2, 0.25) is 0 Å². The molecule has 0 unspecified atom stereocenters. The lowest BCUT2D eigenvalue weighted by Gasteiger charge is -2.05. The summed E-state index contributed by atoms with van der Waals surface area (Å²) in [6.45, 7) is 0. The fourth-order valence-electron chi connectivity index (χ4n) is 2.41. The predicted octanol–water partition coefficient (Wildman–Crippen LogP) is 7.84. The molecule has 216 valence electrons. The molecule has 2 N–H and O–H groups in total. The molecular weight excluding hydrogens is 609 g/mol. The van der Waals surface area contributed by atoms with E-state index < -0.39 is 29.4 Å². The van der Waals surface area contributed by atoms with E-state index in [0.717, 1.165) is 30.3 Å². The maximum Gasteiger partial charge on any atom is 0.416 e. The lowest BCUT2D eigenvalue weighted by molar-refractivity contribution is -0.138. The molecule has 0 spiro atoms. The normalized spacial score (nSPS) is 11.5. The van der Waals surface area contributed by atoms with E-state index in [-0.39, 0.29) is 23.4 Å². The number of Topliss-reactive ketones (excluding diaryl/α,β-unsaturated/α-hetero) is 1. The van der Waals surface area contributed by atoms with Crippen LogP contribution in [0.3, 0.4) is 0 Å². The van der Waals surface area contributed by atoms with Gasteiger partial charge in [-0.1, -0.05) is 24.3 Å². The zero-order chi connectivity index (χ0) is 30.3. The van der Waals surface area contributed by atoms with Crippen LogP contribution in [0, 0.1) is 0 Å². The van der Waals surface area contributed by atoms with Crippen molar-refractivity contribution in [2.75, 3.05) is 11.8 Å². The number of primary amides is 1. The molecule has 0 fully saturated rings. The topological polar surface area (TPSA) is 86.2 Å². The Morgan fingerprint density at radius 3 is 1.55 bits per heavy atom. The van der Waals surface area contributed by atoms with Crippen molar-refractivity contribution < 1.29 is 40.3 Å². The van der Waals surface area contributed by atoms with E-state index in [4.69, 9.17) is 45.0 Å². The molecule has 3 rings (SSSR count). The second-order valence-corrected chi connectivity index (χ2v) is 8.23. The Morgan fingerprint density at radius 1 is 0.775 bits per heavy atom. The van der Waals surface area contributed by atoms with E-state index in [1.54, 1.807) is 12.2 Å². The van der Waals surface area contributed by atoms with Crippen molar-refractivity contribution in [2.45, 2.75) is 18.2 Å². The minimum absolute atomic E-state index is 0.0312. The highest BCUT2D eigenvalue weighted by Crippen LogP contribution is 2.30. The highest BCUT2D eigenvalue weighted by molar-refractivity contribution is 6.35. The van der Waals surface area contributed by atoms with Gasteiger partial charge in [0.15, 0.2) is 5.78 Å². The summed E-state index contributed by atoms with van der Waals surface area (Å²) in [5, 5.41) is 0. The van der Waals surface area contributed by atoms with Crippen LogP contribution >= 0.6 is 34.8 Å². The van der Waals surface area contributed by atoms with Crippen molar-refractivity contribution in [1.82, 2.24) is 4.98 Å². The first-order valence-electron chi connectivity index (χ1n) is 10.8. The van der Waals surface area contributed by atoms with Crippen LogP contribution in [0.1, 0.15) is 33.8 Å². The number of ketones is 1. The van der Waals surface area contributed by atoms with Gasteiger partial charge >= 0.3 is 12.4 Å². The van der Waals surface area contributed by atoms with E-state index in [0.29, 0.717) is 22.7 Å². The summed E-state index contributed by atoms with van der Waals surface area (Å²) in [6.07, 6.45) is -1.61. The summed E-state index contributed by atoms with van der Waals surface area (Å²) in [5.41, 5.74) is 5.15. The van der Waals surface area contributed by atoms with Crippen molar-refractivity contribution in [2.24, 2.45) is 5.73 Å². The Bertz CT molecular complexity index is 1260. The molecule has 2 aromatic carbocycles. The number of amides is 1. The maximum atomic E-state index is 12.4. The SMILES string of the molecule is FC(F)(F)c1ccc(/C=C/c2nc(CCl)co2)cc1.NC(=O)/C=C/c1ccc(C(F)(F)F)cc1.O=C(CCl)CCl. The van der Waals surface area contributed by atoms with Crippen molar-refractivity contribution in [3.05, 3.63) is 94.7 Å². The van der Waals surface area contributed by atoms with Gasteiger partial charge in [-0.3, -0.25) is 9.59 Å². The summed E-state index contributed by atoms with van der Waals surface area (Å²) in [4.78, 5) is 24.3. The van der Waals surface area contributed by atoms with Crippen molar-refractivity contribution in [3.63, 3.8) is 0 Å². The Morgan fingerprint density at radius 2 is 1.23 bits per heavy atom. The van der Waals surface area contributed by atoms with E-state index in [9.17, 15) is 35.9 Å². The Hall–Kier alpha value is -3.28. The summed E-state index contributed by atoms with van der Waals surface area (Å²) in [5.74, 6) is -0.103. The molecule has 0 aliphatic carbocycles. The number of carbonyl (C=O) groups excluding carboxylic acids is 2. The number of hydrogen-bond donors (Lipinski definition) is 1. The zero-order valence-corrected chi connectivity index (χ0v) is 22.5. The van der Waals surface area contributed by atoms with Crippen molar-refractivity contribution in [1.29, 1.82) is 0 Å². The smallest absolute Gasteiger partial charge is 0.416 e. The number of rotatable bonds is 7. The highest BCUT2D eigenvalue weighted by atomic mass is 35.5. The van der Waals surface area contributed by atoms with Gasteiger partial charge in [-0.05, 0) is 47.5 Å². The van der Waals surface area contributed by atoms with Crippen molar-refractivity contribution >= 4 is 64.7 Å². The lowest BCUT2D eigenvalue weighted by Crippen LogP contribution is -2.05. The Balaban J connectivity index is 0.000000340. The summed E-state index contributed by atoms with van der Waals surface area (Å²) in [6, 6.07) is 9.24. The van der Waals surface area contributed by atoms with E-state index >= 15 is 0 Å². The van der Waals surface area contributed by atoms with Crippen molar-refractivity contribution in [3.8, 4) is 0 Å². The number of halogens is 9. The highest BCUT2D eigenvalue weighted by Gasteiger charge is 2.30. The quantitative estimate of drug-likeness (QED) is 0.164. The van der Waals surface area contributed by atoms with Gasteiger partial charge in [-0.2, -0.15) is 26.3 Å². The number of nitrogens with two attached hydrogens (primary N) is 1. The molecule has 0 aliphatic rings. The van der Waals surface area contributed by atoms with Crippen LogP contribution in [-0.4, -0.2) is 28.4 Å². The fraction of sp³-hybridized carbons (Fsp3) is 0.192. The fourth-order valence-corrected chi connectivity index (χ4v) is 2.82. The maximum absolute atomic E-state index is 12.4.